The Labute approximate surface area is 106 Å². The smallest absolute Gasteiger partial charge is 0.320 e. The number of hydrogen-bond donors (Lipinski definition) is 0. The fraction of sp³-hybridized carbons (Fsp3) is 0.385. The maximum Gasteiger partial charge on any atom is 0.320 e. The Hall–Kier alpha value is -2.04. The van der Waals surface area contributed by atoms with Crippen LogP contribution in [0.2, 0.25) is 0 Å². The van der Waals surface area contributed by atoms with Crippen molar-refractivity contribution in [3.63, 3.8) is 0 Å². The number of benzene rings is 1. The molecular weight excluding hydrogens is 232 g/mol. The third-order valence-electron chi connectivity index (χ3n) is 3.05. The zero-order chi connectivity index (χ0) is 13.1. The number of carbonyl (C=O) groups excluding carboxylic acids is 2. The number of nitrogens with zero attached hydrogens (tertiary/aromatic N) is 2. The van der Waals surface area contributed by atoms with E-state index < -0.39 is 0 Å². The van der Waals surface area contributed by atoms with Crippen LogP contribution in [-0.2, 0) is 0 Å². The minimum absolute atomic E-state index is 0.0543. The van der Waals surface area contributed by atoms with Crippen LogP contribution in [0.15, 0.2) is 24.3 Å². The van der Waals surface area contributed by atoms with Gasteiger partial charge in [-0.2, -0.15) is 0 Å². The molecule has 0 radical (unpaired) electrons. The average Bonchev–Trinajstić information content (AvgIpc) is 2.71. The van der Waals surface area contributed by atoms with Gasteiger partial charge in [-0.3, -0.25) is 4.79 Å². The van der Waals surface area contributed by atoms with Crippen LogP contribution in [0.3, 0.4) is 0 Å². The van der Waals surface area contributed by atoms with E-state index >= 15 is 0 Å². The molecule has 1 aromatic carbocycles. The van der Waals surface area contributed by atoms with Crippen molar-refractivity contribution < 1.29 is 14.3 Å². The predicted octanol–water partition coefficient (Wildman–Crippen LogP) is 1.25. The molecule has 0 saturated carbocycles. The molecule has 0 N–H and O–H groups in total. The molecule has 2 rings (SSSR count). The molecule has 0 aliphatic carbocycles. The van der Waals surface area contributed by atoms with Crippen molar-refractivity contribution in [3.05, 3.63) is 29.8 Å². The summed E-state index contributed by atoms with van der Waals surface area (Å²) >= 11 is 0. The Bertz CT molecular complexity index is 456. The van der Waals surface area contributed by atoms with Gasteiger partial charge in [-0.05, 0) is 24.3 Å². The Morgan fingerprint density at radius 2 is 1.94 bits per heavy atom. The van der Waals surface area contributed by atoms with Gasteiger partial charge in [-0.1, -0.05) is 0 Å². The molecule has 1 heterocycles. The average molecular weight is 248 g/mol. The first-order chi connectivity index (χ1) is 8.61. The molecule has 0 unspecified atom stereocenters. The van der Waals surface area contributed by atoms with E-state index in [9.17, 15) is 9.59 Å². The number of urea groups is 1. The summed E-state index contributed by atoms with van der Waals surface area (Å²) in [5, 5.41) is 0. The molecule has 1 aliphatic heterocycles. The lowest BCUT2D eigenvalue weighted by atomic mass is 10.1. The lowest BCUT2D eigenvalue weighted by Gasteiger charge is -2.14. The van der Waals surface area contributed by atoms with Crippen molar-refractivity contribution in [2.45, 2.75) is 0 Å². The Balaban J connectivity index is 2.01. The van der Waals surface area contributed by atoms with Crippen LogP contribution in [0.5, 0.6) is 5.75 Å². The lowest BCUT2D eigenvalue weighted by Crippen LogP contribution is -2.33. The summed E-state index contributed by atoms with van der Waals surface area (Å²) in [6, 6.07) is 6.82. The van der Waals surface area contributed by atoms with E-state index in [-0.39, 0.29) is 18.4 Å². The maximum absolute atomic E-state index is 12.0. The predicted molar refractivity (Wildman–Crippen MR) is 66.9 cm³/mol. The first-order valence-corrected chi connectivity index (χ1v) is 5.79. The van der Waals surface area contributed by atoms with E-state index in [2.05, 4.69) is 0 Å². The molecule has 0 bridgehead atoms. The Kier molecular flexibility index (Phi) is 3.50. The van der Waals surface area contributed by atoms with Crippen molar-refractivity contribution in [2.75, 3.05) is 33.8 Å². The number of Topliss-reactive ketones (excluding diaryl/α,β-unsaturated/α-hetero) is 1. The maximum atomic E-state index is 12.0. The second-order valence-corrected chi connectivity index (χ2v) is 4.28. The third-order valence-corrected chi connectivity index (χ3v) is 3.05. The topological polar surface area (TPSA) is 49.9 Å². The first kappa shape index (κ1) is 12.4. The normalized spacial score (nSPS) is 15.1. The van der Waals surface area contributed by atoms with Gasteiger partial charge in [0.25, 0.3) is 0 Å². The van der Waals surface area contributed by atoms with Gasteiger partial charge in [0.1, 0.15) is 5.75 Å². The Morgan fingerprint density at radius 1 is 1.28 bits per heavy atom. The molecule has 2 amide bonds. The molecule has 1 saturated heterocycles. The van der Waals surface area contributed by atoms with Crippen molar-refractivity contribution in [1.29, 1.82) is 0 Å². The highest BCUT2D eigenvalue weighted by Crippen LogP contribution is 2.13. The molecule has 0 atom stereocenters. The summed E-state index contributed by atoms with van der Waals surface area (Å²) in [4.78, 5) is 26.8. The van der Waals surface area contributed by atoms with Crippen molar-refractivity contribution >= 4 is 11.8 Å². The van der Waals surface area contributed by atoms with E-state index in [0.29, 0.717) is 24.4 Å². The minimum Gasteiger partial charge on any atom is -0.497 e. The number of ketones is 1. The van der Waals surface area contributed by atoms with Crippen molar-refractivity contribution in [2.24, 2.45) is 0 Å². The van der Waals surface area contributed by atoms with E-state index in [0.717, 1.165) is 0 Å². The van der Waals surface area contributed by atoms with Gasteiger partial charge >= 0.3 is 6.03 Å². The highest BCUT2D eigenvalue weighted by atomic mass is 16.5. The summed E-state index contributed by atoms with van der Waals surface area (Å²) in [6.07, 6.45) is 0. The van der Waals surface area contributed by atoms with Crippen LogP contribution in [0.1, 0.15) is 10.4 Å². The van der Waals surface area contributed by atoms with Crippen LogP contribution in [0.4, 0.5) is 4.79 Å². The van der Waals surface area contributed by atoms with Crippen molar-refractivity contribution in [1.82, 2.24) is 9.80 Å². The summed E-state index contributed by atoms with van der Waals surface area (Å²) in [5.74, 6) is 0.657. The second kappa shape index (κ2) is 5.08. The molecular formula is C13H16N2O3. The number of carbonyl (C=O) groups is 2. The van der Waals surface area contributed by atoms with E-state index in [1.807, 2.05) is 0 Å². The molecule has 18 heavy (non-hydrogen) atoms. The molecule has 1 aromatic rings. The fourth-order valence-corrected chi connectivity index (χ4v) is 1.89. The van der Waals surface area contributed by atoms with Gasteiger partial charge in [0.2, 0.25) is 0 Å². The third kappa shape index (κ3) is 2.45. The SMILES string of the molecule is COc1ccc(C(=O)CN2CCN(C)C2=O)cc1. The van der Waals surface area contributed by atoms with Gasteiger partial charge in [-0.25, -0.2) is 4.79 Å². The quantitative estimate of drug-likeness (QED) is 0.753. The van der Waals surface area contributed by atoms with Crippen LogP contribution < -0.4 is 4.74 Å². The highest BCUT2D eigenvalue weighted by Gasteiger charge is 2.27. The monoisotopic (exact) mass is 248 g/mol. The van der Waals surface area contributed by atoms with Crippen LogP contribution in [0.25, 0.3) is 0 Å². The molecule has 5 nitrogen and oxygen atoms in total. The van der Waals surface area contributed by atoms with Crippen LogP contribution in [0, 0.1) is 0 Å². The van der Waals surface area contributed by atoms with Crippen LogP contribution >= 0.6 is 0 Å². The highest BCUT2D eigenvalue weighted by molar-refractivity contribution is 5.99. The number of rotatable bonds is 4. The zero-order valence-electron chi connectivity index (χ0n) is 10.5. The summed E-state index contributed by atoms with van der Waals surface area (Å²) in [5.41, 5.74) is 0.596. The van der Waals surface area contributed by atoms with Gasteiger partial charge in [0.05, 0.1) is 13.7 Å². The van der Waals surface area contributed by atoms with E-state index in [1.54, 1.807) is 48.2 Å². The number of ether oxygens (including phenoxy) is 1. The fourth-order valence-electron chi connectivity index (χ4n) is 1.89. The molecule has 0 aromatic heterocycles. The number of methoxy groups -OCH3 is 1. The zero-order valence-corrected chi connectivity index (χ0v) is 10.5. The van der Waals surface area contributed by atoms with Gasteiger partial charge in [0.15, 0.2) is 5.78 Å². The summed E-state index contributed by atoms with van der Waals surface area (Å²) in [6.45, 7) is 1.42. The van der Waals surface area contributed by atoms with Gasteiger partial charge in [-0.15, -0.1) is 0 Å². The van der Waals surface area contributed by atoms with Gasteiger partial charge < -0.3 is 14.5 Å². The summed E-state index contributed by atoms with van der Waals surface area (Å²) in [7, 11) is 3.32. The molecule has 0 spiro atoms. The van der Waals surface area contributed by atoms with E-state index in [1.165, 1.54) is 0 Å². The number of hydrogen-bond acceptors (Lipinski definition) is 3. The number of likely N-dealkylation sites (N-methyl/N-ethyl adjacent to an activating group) is 1. The van der Waals surface area contributed by atoms with Gasteiger partial charge in [0, 0.05) is 25.7 Å². The van der Waals surface area contributed by atoms with E-state index in [4.69, 9.17) is 4.74 Å². The largest absolute Gasteiger partial charge is 0.497 e. The second-order valence-electron chi connectivity index (χ2n) is 4.28. The summed E-state index contributed by atoms with van der Waals surface area (Å²) < 4.78 is 5.03. The molecule has 5 heteroatoms. The van der Waals surface area contributed by atoms with Crippen LogP contribution in [-0.4, -0.2) is 55.4 Å². The lowest BCUT2D eigenvalue weighted by molar-refractivity contribution is 0.0952. The molecule has 1 fully saturated rings. The molecule has 96 valence electrons. The Morgan fingerprint density at radius 3 is 2.44 bits per heavy atom. The first-order valence-electron chi connectivity index (χ1n) is 5.79. The van der Waals surface area contributed by atoms with Crippen molar-refractivity contribution in [3.8, 4) is 5.75 Å². The standard InChI is InChI=1S/C13H16N2O3/c1-14-7-8-15(13(14)17)9-12(16)10-3-5-11(18-2)6-4-10/h3-6H,7-9H2,1-2H3. The minimum atomic E-state index is -0.0862. The molecule has 1 aliphatic rings. The number of amides is 2.